The van der Waals surface area contributed by atoms with E-state index in [-0.39, 0.29) is 23.7 Å². The minimum Gasteiger partial charge on any atom is -0.465 e. The molecular formula is C15H25NO3S. The number of nitrogens with one attached hydrogen (secondary N) is 1. The van der Waals surface area contributed by atoms with Crippen LogP contribution in [0, 0.1) is 17.8 Å². The highest BCUT2D eigenvalue weighted by molar-refractivity contribution is 8.00. The van der Waals surface area contributed by atoms with Crippen LogP contribution in [0.3, 0.4) is 0 Å². The number of hydrogen-bond acceptors (Lipinski definition) is 4. The summed E-state index contributed by atoms with van der Waals surface area (Å²) in [7, 11) is 0. The van der Waals surface area contributed by atoms with E-state index < -0.39 is 0 Å². The highest BCUT2D eigenvalue weighted by atomic mass is 32.2. The Morgan fingerprint density at radius 2 is 2.10 bits per heavy atom. The molecule has 0 aromatic rings. The van der Waals surface area contributed by atoms with E-state index >= 15 is 0 Å². The summed E-state index contributed by atoms with van der Waals surface area (Å²) in [5.74, 6) is 2.77. The summed E-state index contributed by atoms with van der Waals surface area (Å²) in [6.45, 7) is 4.30. The fraction of sp³-hybridized carbons (Fsp3) is 0.867. The normalized spacial score (nSPS) is 29.2. The van der Waals surface area contributed by atoms with Crippen molar-refractivity contribution in [1.82, 2.24) is 5.32 Å². The smallest absolute Gasteiger partial charge is 0.315 e. The Morgan fingerprint density at radius 3 is 2.70 bits per heavy atom. The van der Waals surface area contributed by atoms with Crippen molar-refractivity contribution in [2.75, 3.05) is 18.1 Å². The third kappa shape index (κ3) is 4.14. The van der Waals surface area contributed by atoms with Crippen LogP contribution in [0.2, 0.25) is 0 Å². The monoisotopic (exact) mass is 299 g/mol. The number of thioether (sulfide) groups is 1. The first-order valence-corrected chi connectivity index (χ1v) is 8.78. The summed E-state index contributed by atoms with van der Waals surface area (Å²) >= 11 is 1.32. The average Bonchev–Trinajstić information content (AvgIpc) is 3.01. The number of carbonyl (C=O) groups is 2. The van der Waals surface area contributed by atoms with E-state index in [1.807, 2.05) is 0 Å². The van der Waals surface area contributed by atoms with Gasteiger partial charge in [-0.05, 0) is 50.9 Å². The summed E-state index contributed by atoms with van der Waals surface area (Å²) in [6.07, 6.45) is 5.37. The Balaban J connectivity index is 1.63. The maximum Gasteiger partial charge on any atom is 0.315 e. The van der Waals surface area contributed by atoms with E-state index in [0.29, 0.717) is 18.3 Å². The van der Waals surface area contributed by atoms with E-state index in [1.54, 1.807) is 6.92 Å². The van der Waals surface area contributed by atoms with Crippen LogP contribution >= 0.6 is 11.8 Å². The Kier molecular flexibility index (Phi) is 5.75. The second-order valence-electron chi connectivity index (χ2n) is 5.99. The van der Waals surface area contributed by atoms with Gasteiger partial charge in [0.1, 0.15) is 0 Å². The standard InChI is InChI=1S/C15H25NO3S/c1-3-19-15(18)9-20-8-14(17)16-10(2)13-7-11-4-5-12(13)6-11/h10-13H,3-9H2,1-2H3,(H,16,17)/t10-,11-,12-,13-/m0/s1. The molecule has 4 nitrogen and oxygen atoms in total. The van der Waals surface area contributed by atoms with E-state index in [1.165, 1.54) is 37.4 Å². The summed E-state index contributed by atoms with van der Waals surface area (Å²) < 4.78 is 4.83. The second kappa shape index (κ2) is 7.34. The lowest BCUT2D eigenvalue weighted by atomic mass is 9.84. The van der Waals surface area contributed by atoms with E-state index in [2.05, 4.69) is 12.2 Å². The first kappa shape index (κ1) is 15.7. The van der Waals surface area contributed by atoms with Crippen LogP contribution in [0.25, 0.3) is 0 Å². The molecule has 114 valence electrons. The van der Waals surface area contributed by atoms with E-state index in [9.17, 15) is 9.59 Å². The van der Waals surface area contributed by atoms with Crippen molar-refractivity contribution in [3.8, 4) is 0 Å². The van der Waals surface area contributed by atoms with Crippen molar-refractivity contribution in [1.29, 1.82) is 0 Å². The second-order valence-corrected chi connectivity index (χ2v) is 6.98. The van der Waals surface area contributed by atoms with Crippen molar-refractivity contribution in [2.45, 2.75) is 45.6 Å². The first-order valence-electron chi connectivity index (χ1n) is 7.62. The van der Waals surface area contributed by atoms with Gasteiger partial charge in [-0.1, -0.05) is 6.42 Å². The molecule has 20 heavy (non-hydrogen) atoms. The molecule has 5 heteroatoms. The molecule has 1 N–H and O–H groups in total. The quantitative estimate of drug-likeness (QED) is 0.732. The van der Waals surface area contributed by atoms with Crippen LogP contribution in [0.1, 0.15) is 39.5 Å². The molecule has 2 fully saturated rings. The fourth-order valence-electron chi connectivity index (χ4n) is 3.74. The lowest BCUT2D eigenvalue weighted by Crippen LogP contribution is -2.41. The Hall–Kier alpha value is -0.710. The number of ether oxygens (including phenoxy) is 1. The molecule has 0 saturated heterocycles. The topological polar surface area (TPSA) is 55.4 Å². The zero-order valence-corrected chi connectivity index (χ0v) is 13.2. The van der Waals surface area contributed by atoms with Crippen LogP contribution in [0.4, 0.5) is 0 Å². The number of carbonyl (C=O) groups excluding carboxylic acids is 2. The van der Waals surface area contributed by atoms with Crippen LogP contribution in [0.15, 0.2) is 0 Å². The number of fused-ring (bicyclic) bond motifs is 2. The van der Waals surface area contributed by atoms with Gasteiger partial charge in [-0.2, -0.15) is 0 Å². The minimum absolute atomic E-state index is 0.0366. The molecule has 0 aromatic carbocycles. The molecule has 1 amide bonds. The zero-order valence-electron chi connectivity index (χ0n) is 12.4. The van der Waals surface area contributed by atoms with Gasteiger partial charge in [0.05, 0.1) is 18.1 Å². The number of amides is 1. The highest BCUT2D eigenvalue weighted by Gasteiger charge is 2.42. The first-order chi connectivity index (χ1) is 9.60. The van der Waals surface area contributed by atoms with Gasteiger partial charge in [0.25, 0.3) is 0 Å². The predicted molar refractivity (Wildman–Crippen MR) is 80.5 cm³/mol. The van der Waals surface area contributed by atoms with Gasteiger partial charge in [0.2, 0.25) is 5.91 Å². The van der Waals surface area contributed by atoms with Gasteiger partial charge < -0.3 is 10.1 Å². The van der Waals surface area contributed by atoms with Gasteiger partial charge in [0.15, 0.2) is 0 Å². The largest absolute Gasteiger partial charge is 0.465 e. The Morgan fingerprint density at radius 1 is 1.30 bits per heavy atom. The van der Waals surface area contributed by atoms with Crippen molar-refractivity contribution in [3.05, 3.63) is 0 Å². The van der Waals surface area contributed by atoms with Crippen LogP contribution < -0.4 is 5.32 Å². The van der Waals surface area contributed by atoms with Crippen LogP contribution in [-0.2, 0) is 14.3 Å². The third-order valence-electron chi connectivity index (χ3n) is 4.58. The molecular weight excluding hydrogens is 274 g/mol. The lowest BCUT2D eigenvalue weighted by Gasteiger charge is -2.28. The highest BCUT2D eigenvalue weighted by Crippen LogP contribution is 2.49. The molecule has 0 aliphatic heterocycles. The predicted octanol–water partition coefficient (Wildman–Crippen LogP) is 2.22. The van der Waals surface area contributed by atoms with Gasteiger partial charge in [-0.3, -0.25) is 9.59 Å². The molecule has 4 atom stereocenters. The average molecular weight is 299 g/mol. The van der Waals surface area contributed by atoms with Gasteiger partial charge in [-0.15, -0.1) is 11.8 Å². The fourth-order valence-corrected chi connectivity index (χ4v) is 4.36. The van der Waals surface area contributed by atoms with Crippen molar-refractivity contribution in [2.24, 2.45) is 17.8 Å². The molecule has 0 spiro atoms. The maximum absolute atomic E-state index is 11.9. The maximum atomic E-state index is 11.9. The van der Waals surface area contributed by atoms with Crippen LogP contribution in [0.5, 0.6) is 0 Å². The summed E-state index contributed by atoms with van der Waals surface area (Å²) in [5.41, 5.74) is 0. The lowest BCUT2D eigenvalue weighted by molar-refractivity contribution is -0.139. The van der Waals surface area contributed by atoms with Crippen LogP contribution in [-0.4, -0.2) is 36.0 Å². The van der Waals surface area contributed by atoms with Crippen molar-refractivity contribution < 1.29 is 14.3 Å². The van der Waals surface area contributed by atoms with Crippen molar-refractivity contribution in [3.63, 3.8) is 0 Å². The molecule has 2 aliphatic rings. The van der Waals surface area contributed by atoms with E-state index in [0.717, 1.165) is 11.8 Å². The number of rotatable bonds is 7. The molecule has 2 bridgehead atoms. The molecule has 0 aromatic heterocycles. The Labute approximate surface area is 125 Å². The number of hydrogen-bond donors (Lipinski definition) is 1. The molecule has 2 saturated carbocycles. The number of esters is 1. The zero-order chi connectivity index (χ0) is 14.5. The molecule has 0 unspecified atom stereocenters. The summed E-state index contributed by atoms with van der Waals surface area (Å²) in [4.78, 5) is 23.0. The van der Waals surface area contributed by atoms with Crippen molar-refractivity contribution >= 4 is 23.6 Å². The van der Waals surface area contributed by atoms with Gasteiger partial charge in [-0.25, -0.2) is 0 Å². The van der Waals surface area contributed by atoms with Gasteiger partial charge in [0, 0.05) is 6.04 Å². The minimum atomic E-state index is -0.244. The van der Waals surface area contributed by atoms with Gasteiger partial charge >= 0.3 is 5.97 Å². The Bertz CT molecular complexity index is 361. The summed E-state index contributed by atoms with van der Waals surface area (Å²) in [6, 6.07) is 0.265. The van der Waals surface area contributed by atoms with E-state index in [4.69, 9.17) is 4.74 Å². The third-order valence-corrected chi connectivity index (χ3v) is 5.49. The summed E-state index contributed by atoms with van der Waals surface area (Å²) in [5, 5.41) is 3.10. The SMILES string of the molecule is CCOC(=O)CSCC(=O)N[C@@H](C)[C@@H]1C[C@H]2CC[C@H]1C2. The molecule has 2 aliphatic carbocycles. The molecule has 2 rings (SSSR count). The molecule has 0 heterocycles. The molecule has 0 radical (unpaired) electrons.